The molecule has 0 amide bonds. The SMILES string of the molecule is CCn1cc(-c2cccc(CCOCCC(=O)OC(C)(C)C)c2)cn1. The summed E-state index contributed by atoms with van der Waals surface area (Å²) < 4.78 is 12.7. The molecule has 0 spiro atoms. The molecule has 0 N–H and O–H groups in total. The second-order valence-electron chi connectivity index (χ2n) is 6.98. The molecule has 0 fully saturated rings. The maximum Gasteiger partial charge on any atom is 0.308 e. The number of nitrogens with zero attached hydrogens (tertiary/aromatic N) is 2. The van der Waals surface area contributed by atoms with E-state index in [9.17, 15) is 4.79 Å². The van der Waals surface area contributed by atoms with Gasteiger partial charge in [-0.05, 0) is 45.2 Å². The van der Waals surface area contributed by atoms with Crippen LogP contribution in [-0.4, -0.2) is 34.6 Å². The van der Waals surface area contributed by atoms with Gasteiger partial charge in [0.2, 0.25) is 0 Å². The van der Waals surface area contributed by atoms with Gasteiger partial charge in [-0.1, -0.05) is 24.3 Å². The number of aromatic nitrogens is 2. The summed E-state index contributed by atoms with van der Waals surface area (Å²) in [6.45, 7) is 9.50. The molecule has 5 nitrogen and oxygen atoms in total. The number of benzene rings is 1. The molecule has 1 heterocycles. The molecule has 0 unspecified atom stereocenters. The van der Waals surface area contributed by atoms with E-state index >= 15 is 0 Å². The Morgan fingerprint density at radius 3 is 2.68 bits per heavy atom. The second-order valence-corrected chi connectivity index (χ2v) is 6.98. The standard InChI is InChI=1S/C20H28N2O3/c1-5-22-15-18(14-21-22)17-8-6-7-16(13-17)9-11-24-12-10-19(23)25-20(2,3)4/h6-8,13-15H,5,9-12H2,1-4H3. The van der Waals surface area contributed by atoms with Crippen LogP contribution in [0.25, 0.3) is 11.1 Å². The monoisotopic (exact) mass is 344 g/mol. The first kappa shape index (κ1) is 19.2. The van der Waals surface area contributed by atoms with Crippen LogP contribution >= 0.6 is 0 Å². The molecule has 0 radical (unpaired) electrons. The van der Waals surface area contributed by atoms with Crippen LogP contribution in [0.3, 0.4) is 0 Å². The third-order valence-electron chi connectivity index (χ3n) is 3.62. The maximum atomic E-state index is 11.6. The van der Waals surface area contributed by atoms with Crippen molar-refractivity contribution in [3.63, 3.8) is 0 Å². The number of esters is 1. The molecule has 2 aromatic rings. The van der Waals surface area contributed by atoms with Crippen LogP contribution in [-0.2, 0) is 27.2 Å². The number of ether oxygens (including phenoxy) is 2. The highest BCUT2D eigenvalue weighted by Crippen LogP contribution is 2.20. The van der Waals surface area contributed by atoms with E-state index in [0.717, 1.165) is 24.1 Å². The summed E-state index contributed by atoms with van der Waals surface area (Å²) in [7, 11) is 0. The Labute approximate surface area is 149 Å². The zero-order valence-electron chi connectivity index (χ0n) is 15.6. The van der Waals surface area contributed by atoms with Crippen LogP contribution in [0.4, 0.5) is 0 Å². The normalized spacial score (nSPS) is 11.5. The van der Waals surface area contributed by atoms with Crippen molar-refractivity contribution in [1.29, 1.82) is 0 Å². The Kier molecular flexibility index (Phi) is 6.76. The molecule has 0 aliphatic carbocycles. The molecule has 2 rings (SSSR count). The van der Waals surface area contributed by atoms with Gasteiger partial charge in [-0.15, -0.1) is 0 Å². The predicted octanol–water partition coefficient (Wildman–Crippen LogP) is 3.86. The molecular formula is C20H28N2O3. The minimum atomic E-state index is -0.441. The van der Waals surface area contributed by atoms with Crippen molar-refractivity contribution in [3.05, 3.63) is 42.2 Å². The number of hydrogen-bond acceptors (Lipinski definition) is 4. The quantitative estimate of drug-likeness (QED) is 0.539. The van der Waals surface area contributed by atoms with Crippen molar-refractivity contribution >= 4 is 5.97 Å². The van der Waals surface area contributed by atoms with Gasteiger partial charge < -0.3 is 9.47 Å². The van der Waals surface area contributed by atoms with Crippen molar-refractivity contribution in [2.75, 3.05) is 13.2 Å². The fraction of sp³-hybridized carbons (Fsp3) is 0.500. The molecule has 1 aromatic carbocycles. The molecule has 0 bridgehead atoms. The largest absolute Gasteiger partial charge is 0.460 e. The van der Waals surface area contributed by atoms with Gasteiger partial charge in [-0.3, -0.25) is 9.48 Å². The van der Waals surface area contributed by atoms with Crippen molar-refractivity contribution in [1.82, 2.24) is 9.78 Å². The molecule has 1 aromatic heterocycles. The molecule has 25 heavy (non-hydrogen) atoms. The molecular weight excluding hydrogens is 316 g/mol. The van der Waals surface area contributed by atoms with Gasteiger partial charge in [0.1, 0.15) is 5.60 Å². The molecule has 136 valence electrons. The lowest BCUT2D eigenvalue weighted by Gasteiger charge is -2.19. The van der Waals surface area contributed by atoms with Crippen molar-refractivity contribution in [3.8, 4) is 11.1 Å². The molecule has 0 saturated carbocycles. The van der Waals surface area contributed by atoms with E-state index in [1.807, 2.05) is 31.6 Å². The Morgan fingerprint density at radius 2 is 2.00 bits per heavy atom. The fourth-order valence-corrected chi connectivity index (χ4v) is 2.43. The van der Waals surface area contributed by atoms with Gasteiger partial charge in [0.15, 0.2) is 0 Å². The summed E-state index contributed by atoms with van der Waals surface area (Å²) in [5, 5.41) is 4.32. The third-order valence-corrected chi connectivity index (χ3v) is 3.62. The van der Waals surface area contributed by atoms with Crippen LogP contribution in [0.15, 0.2) is 36.7 Å². The van der Waals surface area contributed by atoms with Crippen LogP contribution in [0, 0.1) is 0 Å². The highest BCUT2D eigenvalue weighted by Gasteiger charge is 2.15. The first-order valence-corrected chi connectivity index (χ1v) is 8.79. The van der Waals surface area contributed by atoms with Crippen LogP contribution < -0.4 is 0 Å². The number of aryl methyl sites for hydroxylation is 1. The number of rotatable bonds is 8. The Morgan fingerprint density at radius 1 is 1.20 bits per heavy atom. The lowest BCUT2D eigenvalue weighted by atomic mass is 10.0. The zero-order valence-corrected chi connectivity index (χ0v) is 15.6. The number of carbonyl (C=O) groups is 1. The van der Waals surface area contributed by atoms with E-state index in [0.29, 0.717) is 13.2 Å². The molecule has 0 saturated heterocycles. The third kappa shape index (κ3) is 6.70. The Balaban J connectivity index is 1.76. The lowest BCUT2D eigenvalue weighted by Crippen LogP contribution is -2.24. The van der Waals surface area contributed by atoms with E-state index < -0.39 is 5.60 Å². The summed E-state index contributed by atoms with van der Waals surface area (Å²) in [6, 6.07) is 8.39. The minimum absolute atomic E-state index is 0.220. The maximum absolute atomic E-state index is 11.6. The predicted molar refractivity (Wildman–Crippen MR) is 98.3 cm³/mol. The highest BCUT2D eigenvalue weighted by molar-refractivity contribution is 5.69. The van der Waals surface area contributed by atoms with E-state index in [2.05, 4.69) is 42.5 Å². The summed E-state index contributed by atoms with van der Waals surface area (Å²) in [4.78, 5) is 11.6. The topological polar surface area (TPSA) is 53.4 Å². The average Bonchev–Trinajstić information content (AvgIpc) is 3.02. The molecule has 5 heteroatoms. The van der Waals surface area contributed by atoms with Crippen molar-refractivity contribution in [2.45, 2.75) is 52.7 Å². The van der Waals surface area contributed by atoms with Crippen LogP contribution in [0.2, 0.25) is 0 Å². The fourth-order valence-electron chi connectivity index (χ4n) is 2.43. The van der Waals surface area contributed by atoms with Crippen molar-refractivity contribution < 1.29 is 14.3 Å². The first-order valence-electron chi connectivity index (χ1n) is 8.79. The van der Waals surface area contributed by atoms with Gasteiger partial charge in [0.25, 0.3) is 0 Å². The van der Waals surface area contributed by atoms with Crippen molar-refractivity contribution in [2.24, 2.45) is 0 Å². The number of hydrogen-bond donors (Lipinski definition) is 0. The van der Waals surface area contributed by atoms with E-state index in [4.69, 9.17) is 9.47 Å². The van der Waals surface area contributed by atoms with Gasteiger partial charge in [-0.25, -0.2) is 0 Å². The lowest BCUT2D eigenvalue weighted by molar-refractivity contribution is -0.156. The van der Waals surface area contributed by atoms with Gasteiger partial charge >= 0.3 is 5.97 Å². The smallest absolute Gasteiger partial charge is 0.308 e. The summed E-state index contributed by atoms with van der Waals surface area (Å²) >= 11 is 0. The second kappa shape index (κ2) is 8.81. The minimum Gasteiger partial charge on any atom is -0.460 e. The zero-order chi connectivity index (χ0) is 18.3. The average molecular weight is 344 g/mol. The summed E-state index contributed by atoms with van der Waals surface area (Å²) in [6.07, 6.45) is 5.04. The van der Waals surface area contributed by atoms with Gasteiger partial charge in [-0.2, -0.15) is 5.10 Å². The summed E-state index contributed by atoms with van der Waals surface area (Å²) in [5.74, 6) is -0.220. The molecule has 0 atom stereocenters. The van der Waals surface area contributed by atoms with E-state index in [1.54, 1.807) is 0 Å². The highest BCUT2D eigenvalue weighted by atomic mass is 16.6. The Bertz CT molecular complexity index is 686. The van der Waals surface area contributed by atoms with Gasteiger partial charge in [0.05, 0.1) is 25.8 Å². The van der Waals surface area contributed by atoms with Crippen LogP contribution in [0.5, 0.6) is 0 Å². The van der Waals surface area contributed by atoms with E-state index in [1.165, 1.54) is 5.56 Å². The first-order chi connectivity index (χ1) is 11.9. The van der Waals surface area contributed by atoms with Gasteiger partial charge in [0, 0.05) is 18.3 Å². The number of carbonyl (C=O) groups excluding carboxylic acids is 1. The molecule has 0 aliphatic rings. The van der Waals surface area contributed by atoms with Crippen LogP contribution in [0.1, 0.15) is 39.7 Å². The Hall–Kier alpha value is -2.14. The summed E-state index contributed by atoms with van der Waals surface area (Å²) in [5.41, 5.74) is 3.04. The molecule has 0 aliphatic heterocycles. The van der Waals surface area contributed by atoms with E-state index in [-0.39, 0.29) is 12.4 Å².